The average Bonchev–Trinajstić information content (AvgIpc) is 2.68. The molecule has 2 aromatic carbocycles. The van der Waals surface area contributed by atoms with Crippen LogP contribution in [0.15, 0.2) is 53.5 Å². The third-order valence-corrected chi connectivity index (χ3v) is 3.76. The highest BCUT2D eigenvalue weighted by molar-refractivity contribution is 5.79. The van der Waals surface area contributed by atoms with Crippen molar-refractivity contribution < 1.29 is 13.9 Å². The van der Waals surface area contributed by atoms with Crippen LogP contribution >= 0.6 is 0 Å². The summed E-state index contributed by atoms with van der Waals surface area (Å²) in [5.74, 6) is 2.03. The summed E-state index contributed by atoms with van der Waals surface area (Å²) in [5, 5.41) is 6.55. The van der Waals surface area contributed by atoms with Gasteiger partial charge in [0.1, 0.15) is 17.3 Å². The molecule has 0 aromatic heterocycles. The van der Waals surface area contributed by atoms with E-state index in [1.165, 1.54) is 12.1 Å². The van der Waals surface area contributed by atoms with Crippen LogP contribution in [0, 0.1) is 5.82 Å². The number of nitrogens with zero attached hydrogens (tertiary/aromatic N) is 1. The number of unbranched alkanes of at least 4 members (excludes halogenated alkanes) is 1. The van der Waals surface area contributed by atoms with Crippen molar-refractivity contribution in [1.82, 2.24) is 10.6 Å². The average molecular weight is 359 g/mol. The highest BCUT2D eigenvalue weighted by atomic mass is 19.1. The van der Waals surface area contributed by atoms with Crippen LogP contribution in [0.25, 0.3) is 0 Å². The lowest BCUT2D eigenvalue weighted by atomic mass is 10.2. The van der Waals surface area contributed by atoms with Gasteiger partial charge in [0.15, 0.2) is 5.96 Å². The number of benzene rings is 2. The largest absolute Gasteiger partial charge is 0.497 e. The Balaban J connectivity index is 1.60. The van der Waals surface area contributed by atoms with Gasteiger partial charge in [-0.3, -0.25) is 4.99 Å². The molecular formula is C20H26FN3O2. The number of aliphatic imine (C=N–C) groups is 1. The number of ether oxygens (including phenoxy) is 2. The molecule has 26 heavy (non-hydrogen) atoms. The molecule has 0 spiro atoms. The van der Waals surface area contributed by atoms with Crippen molar-refractivity contribution in [3.63, 3.8) is 0 Å². The highest BCUT2D eigenvalue weighted by Gasteiger charge is 2.00. The highest BCUT2D eigenvalue weighted by Crippen LogP contribution is 2.12. The second-order valence-electron chi connectivity index (χ2n) is 5.71. The minimum absolute atomic E-state index is 0.255. The molecular weight excluding hydrogens is 333 g/mol. The molecule has 0 aliphatic heterocycles. The van der Waals surface area contributed by atoms with E-state index >= 15 is 0 Å². The Morgan fingerprint density at radius 2 is 1.85 bits per heavy atom. The number of halogens is 1. The zero-order valence-electron chi connectivity index (χ0n) is 15.3. The molecule has 0 unspecified atom stereocenters. The monoisotopic (exact) mass is 359 g/mol. The van der Waals surface area contributed by atoms with Gasteiger partial charge in [-0.05, 0) is 54.8 Å². The zero-order chi connectivity index (χ0) is 18.6. The molecule has 0 radical (unpaired) electrons. The number of methoxy groups -OCH3 is 1. The Hall–Kier alpha value is -2.76. The normalized spacial score (nSPS) is 11.1. The first-order valence-corrected chi connectivity index (χ1v) is 8.67. The Morgan fingerprint density at radius 1 is 1.04 bits per heavy atom. The van der Waals surface area contributed by atoms with Crippen molar-refractivity contribution in [3.05, 3.63) is 59.9 Å². The number of hydrogen-bond acceptors (Lipinski definition) is 3. The number of nitrogens with one attached hydrogen (secondary N) is 2. The second-order valence-corrected chi connectivity index (χ2v) is 5.71. The molecule has 0 saturated carbocycles. The molecule has 5 nitrogen and oxygen atoms in total. The van der Waals surface area contributed by atoms with E-state index in [4.69, 9.17) is 9.47 Å². The SMILES string of the molecule is CN=C(NCCCCOc1ccc(F)cc1)NCc1cccc(OC)c1. The number of hydrogen-bond donors (Lipinski definition) is 2. The van der Waals surface area contributed by atoms with Gasteiger partial charge >= 0.3 is 0 Å². The predicted octanol–water partition coefficient (Wildman–Crippen LogP) is 3.36. The van der Waals surface area contributed by atoms with Crippen LogP contribution < -0.4 is 20.1 Å². The maximum absolute atomic E-state index is 12.8. The first kappa shape index (κ1) is 19.6. The molecule has 0 aliphatic rings. The second kappa shape index (κ2) is 11.0. The molecule has 0 amide bonds. The summed E-state index contributed by atoms with van der Waals surface area (Å²) >= 11 is 0. The van der Waals surface area contributed by atoms with E-state index < -0.39 is 0 Å². The molecule has 0 atom stereocenters. The van der Waals surface area contributed by atoms with Crippen LogP contribution in [0.4, 0.5) is 4.39 Å². The predicted molar refractivity (Wildman–Crippen MR) is 102 cm³/mol. The maximum Gasteiger partial charge on any atom is 0.191 e. The summed E-state index contributed by atoms with van der Waals surface area (Å²) in [6.07, 6.45) is 1.85. The van der Waals surface area contributed by atoms with Crippen molar-refractivity contribution in [3.8, 4) is 11.5 Å². The molecule has 2 N–H and O–H groups in total. The third-order valence-electron chi connectivity index (χ3n) is 3.76. The Kier molecular flexibility index (Phi) is 8.26. The van der Waals surface area contributed by atoms with Gasteiger partial charge in [0, 0.05) is 20.1 Å². The van der Waals surface area contributed by atoms with E-state index in [9.17, 15) is 4.39 Å². The smallest absolute Gasteiger partial charge is 0.191 e. The quantitative estimate of drug-likeness (QED) is 0.410. The van der Waals surface area contributed by atoms with Gasteiger partial charge in [-0.25, -0.2) is 4.39 Å². The molecule has 2 rings (SSSR count). The fourth-order valence-electron chi connectivity index (χ4n) is 2.34. The van der Waals surface area contributed by atoms with Crippen molar-refractivity contribution in [2.75, 3.05) is 27.3 Å². The lowest BCUT2D eigenvalue weighted by Gasteiger charge is -2.12. The fourth-order valence-corrected chi connectivity index (χ4v) is 2.34. The fraction of sp³-hybridized carbons (Fsp3) is 0.350. The van der Waals surface area contributed by atoms with Crippen LogP contribution in [0.3, 0.4) is 0 Å². The van der Waals surface area contributed by atoms with Crippen LogP contribution in [-0.4, -0.2) is 33.3 Å². The molecule has 2 aromatic rings. The van der Waals surface area contributed by atoms with Crippen molar-refractivity contribution in [1.29, 1.82) is 0 Å². The summed E-state index contributed by atoms with van der Waals surface area (Å²) in [7, 11) is 3.41. The van der Waals surface area contributed by atoms with Gasteiger partial charge in [-0.1, -0.05) is 12.1 Å². The van der Waals surface area contributed by atoms with Gasteiger partial charge in [-0.2, -0.15) is 0 Å². The summed E-state index contributed by atoms with van der Waals surface area (Å²) in [4.78, 5) is 4.22. The van der Waals surface area contributed by atoms with Crippen molar-refractivity contribution in [2.24, 2.45) is 4.99 Å². The van der Waals surface area contributed by atoms with Gasteiger partial charge < -0.3 is 20.1 Å². The minimum Gasteiger partial charge on any atom is -0.497 e. The Morgan fingerprint density at radius 3 is 2.58 bits per heavy atom. The maximum atomic E-state index is 12.8. The molecule has 0 bridgehead atoms. The van der Waals surface area contributed by atoms with E-state index in [0.717, 1.165) is 36.7 Å². The summed E-state index contributed by atoms with van der Waals surface area (Å²) in [6, 6.07) is 14.0. The van der Waals surface area contributed by atoms with Crippen molar-refractivity contribution in [2.45, 2.75) is 19.4 Å². The van der Waals surface area contributed by atoms with Gasteiger partial charge in [0.05, 0.1) is 13.7 Å². The van der Waals surface area contributed by atoms with Crippen LogP contribution in [0.2, 0.25) is 0 Å². The van der Waals surface area contributed by atoms with E-state index in [-0.39, 0.29) is 5.82 Å². The molecule has 0 saturated heterocycles. The number of guanidine groups is 1. The summed E-state index contributed by atoms with van der Waals surface area (Å²) < 4.78 is 23.6. The summed E-state index contributed by atoms with van der Waals surface area (Å²) in [6.45, 7) is 2.07. The van der Waals surface area contributed by atoms with E-state index in [1.807, 2.05) is 24.3 Å². The zero-order valence-corrected chi connectivity index (χ0v) is 15.3. The van der Waals surface area contributed by atoms with Crippen molar-refractivity contribution >= 4 is 5.96 Å². The van der Waals surface area contributed by atoms with Crippen LogP contribution in [-0.2, 0) is 6.54 Å². The first-order chi connectivity index (χ1) is 12.7. The lowest BCUT2D eigenvalue weighted by Crippen LogP contribution is -2.37. The van der Waals surface area contributed by atoms with E-state index in [2.05, 4.69) is 15.6 Å². The lowest BCUT2D eigenvalue weighted by molar-refractivity contribution is 0.306. The third kappa shape index (κ3) is 7.01. The Bertz CT molecular complexity index is 690. The molecule has 0 fully saturated rings. The van der Waals surface area contributed by atoms with E-state index in [0.29, 0.717) is 18.9 Å². The topological polar surface area (TPSA) is 54.9 Å². The molecule has 6 heteroatoms. The molecule has 0 heterocycles. The van der Waals surface area contributed by atoms with Gasteiger partial charge in [0.2, 0.25) is 0 Å². The van der Waals surface area contributed by atoms with Gasteiger partial charge in [0.25, 0.3) is 0 Å². The standard InChI is InChI=1S/C20H26FN3O2/c1-22-20(24-15-16-6-5-7-19(14-16)25-2)23-12-3-4-13-26-18-10-8-17(21)9-11-18/h5-11,14H,3-4,12-13,15H2,1-2H3,(H2,22,23,24). The van der Waals surface area contributed by atoms with Gasteiger partial charge in [-0.15, -0.1) is 0 Å². The number of rotatable bonds is 9. The minimum atomic E-state index is -0.255. The molecule has 140 valence electrons. The first-order valence-electron chi connectivity index (χ1n) is 8.67. The molecule has 0 aliphatic carbocycles. The summed E-state index contributed by atoms with van der Waals surface area (Å²) in [5.41, 5.74) is 1.12. The van der Waals surface area contributed by atoms with Crippen LogP contribution in [0.1, 0.15) is 18.4 Å². The van der Waals surface area contributed by atoms with Crippen LogP contribution in [0.5, 0.6) is 11.5 Å². The Labute approximate surface area is 154 Å². The van der Waals surface area contributed by atoms with E-state index in [1.54, 1.807) is 26.3 Å².